The topological polar surface area (TPSA) is 97.1 Å². The fraction of sp³-hybridized carbons (Fsp3) is 0.500. The number of aromatic nitrogens is 1. The molecule has 4 N–H and O–H groups in total. The molecule has 0 aliphatic rings. The second-order valence-corrected chi connectivity index (χ2v) is 5.03. The van der Waals surface area contributed by atoms with Crippen molar-refractivity contribution >= 4 is 11.8 Å². The largest absolute Gasteiger partial charge is 0.351 e. The van der Waals surface area contributed by atoms with Gasteiger partial charge in [-0.25, -0.2) is 0 Å². The number of nitrogens with one attached hydrogen (secondary N) is 2. The number of carbonyl (C=O) groups is 2. The van der Waals surface area contributed by atoms with E-state index >= 15 is 0 Å². The maximum Gasteiger partial charge on any atom is 0.270 e. The predicted molar refractivity (Wildman–Crippen MR) is 77.0 cm³/mol. The van der Waals surface area contributed by atoms with Crippen LogP contribution in [0.5, 0.6) is 0 Å². The molecule has 0 aromatic carbocycles. The minimum Gasteiger partial charge on any atom is -0.351 e. The molecule has 1 aromatic rings. The van der Waals surface area contributed by atoms with Gasteiger partial charge in [0.1, 0.15) is 5.69 Å². The first-order chi connectivity index (χ1) is 9.52. The van der Waals surface area contributed by atoms with E-state index < -0.39 is 0 Å². The van der Waals surface area contributed by atoms with Crippen molar-refractivity contribution in [3.05, 3.63) is 30.1 Å². The Bertz CT molecular complexity index is 434. The summed E-state index contributed by atoms with van der Waals surface area (Å²) in [5.74, 6) is -0.161. The molecule has 0 bridgehead atoms. The van der Waals surface area contributed by atoms with Gasteiger partial charge in [0.15, 0.2) is 0 Å². The molecular formula is C14H22N4O2. The van der Waals surface area contributed by atoms with E-state index in [1.54, 1.807) is 18.2 Å². The second-order valence-electron chi connectivity index (χ2n) is 5.03. The zero-order valence-corrected chi connectivity index (χ0v) is 11.9. The molecular weight excluding hydrogens is 256 g/mol. The van der Waals surface area contributed by atoms with Gasteiger partial charge in [-0.05, 0) is 24.5 Å². The van der Waals surface area contributed by atoms with Gasteiger partial charge in [0.2, 0.25) is 5.91 Å². The molecule has 1 heterocycles. The van der Waals surface area contributed by atoms with Crippen LogP contribution in [0.2, 0.25) is 0 Å². The zero-order chi connectivity index (χ0) is 15.0. The Kier molecular flexibility index (Phi) is 6.66. The summed E-state index contributed by atoms with van der Waals surface area (Å²) in [6.07, 6.45) is 2.35. The summed E-state index contributed by atoms with van der Waals surface area (Å²) in [4.78, 5) is 27.3. The van der Waals surface area contributed by atoms with Gasteiger partial charge >= 0.3 is 0 Å². The lowest BCUT2D eigenvalue weighted by Crippen LogP contribution is -2.45. The minimum atomic E-state index is -0.367. The third-order valence-corrected chi connectivity index (χ3v) is 2.71. The average Bonchev–Trinajstić information content (AvgIpc) is 2.44. The Balaban J connectivity index is 2.37. The van der Waals surface area contributed by atoms with E-state index in [1.807, 2.05) is 0 Å². The van der Waals surface area contributed by atoms with Crippen molar-refractivity contribution in [1.29, 1.82) is 0 Å². The number of hydrogen-bond donors (Lipinski definition) is 3. The molecule has 6 nitrogen and oxygen atoms in total. The summed E-state index contributed by atoms with van der Waals surface area (Å²) in [6, 6.07) is 4.97. The van der Waals surface area contributed by atoms with E-state index in [0.717, 1.165) is 6.42 Å². The lowest BCUT2D eigenvalue weighted by Gasteiger charge is -2.18. The second kappa shape index (κ2) is 8.27. The molecule has 0 saturated heterocycles. The van der Waals surface area contributed by atoms with Crippen LogP contribution in [0.25, 0.3) is 0 Å². The first kappa shape index (κ1) is 16.1. The Labute approximate surface area is 119 Å². The van der Waals surface area contributed by atoms with Gasteiger partial charge in [-0.1, -0.05) is 19.9 Å². The molecule has 0 aliphatic heterocycles. The van der Waals surface area contributed by atoms with Crippen molar-refractivity contribution in [3.63, 3.8) is 0 Å². The molecule has 1 atom stereocenters. The van der Waals surface area contributed by atoms with Crippen LogP contribution >= 0.6 is 0 Å². The third-order valence-electron chi connectivity index (χ3n) is 2.71. The molecule has 0 saturated carbocycles. The lowest BCUT2D eigenvalue weighted by atomic mass is 10.0. The molecule has 0 aliphatic carbocycles. The van der Waals surface area contributed by atoms with E-state index in [0.29, 0.717) is 12.5 Å². The van der Waals surface area contributed by atoms with Gasteiger partial charge in [-0.15, -0.1) is 0 Å². The highest BCUT2D eigenvalue weighted by molar-refractivity contribution is 5.94. The van der Waals surface area contributed by atoms with Gasteiger partial charge in [0.25, 0.3) is 5.91 Å². The van der Waals surface area contributed by atoms with Crippen molar-refractivity contribution < 1.29 is 9.59 Å². The molecule has 0 fully saturated rings. The smallest absolute Gasteiger partial charge is 0.270 e. The molecule has 0 radical (unpaired) electrons. The van der Waals surface area contributed by atoms with E-state index in [9.17, 15) is 9.59 Å². The van der Waals surface area contributed by atoms with Gasteiger partial charge in [-0.3, -0.25) is 14.6 Å². The van der Waals surface area contributed by atoms with E-state index in [1.165, 1.54) is 6.20 Å². The highest BCUT2D eigenvalue weighted by atomic mass is 16.2. The Morgan fingerprint density at radius 1 is 1.35 bits per heavy atom. The van der Waals surface area contributed by atoms with Crippen molar-refractivity contribution in [2.24, 2.45) is 11.7 Å². The molecule has 2 amide bonds. The summed E-state index contributed by atoms with van der Waals surface area (Å²) in [6.45, 7) is 4.44. The molecule has 1 unspecified atom stereocenters. The van der Waals surface area contributed by atoms with Crippen molar-refractivity contribution in [3.8, 4) is 0 Å². The first-order valence-electron chi connectivity index (χ1n) is 6.71. The number of nitrogens with zero attached hydrogens (tertiary/aromatic N) is 1. The fourth-order valence-corrected chi connectivity index (χ4v) is 1.81. The number of amides is 2. The normalized spacial score (nSPS) is 12.0. The number of rotatable bonds is 7. The van der Waals surface area contributed by atoms with Crippen molar-refractivity contribution in [2.75, 3.05) is 13.1 Å². The van der Waals surface area contributed by atoms with E-state index in [-0.39, 0.29) is 30.1 Å². The number of pyridine rings is 1. The van der Waals surface area contributed by atoms with Crippen molar-refractivity contribution in [2.45, 2.75) is 26.3 Å². The molecule has 1 aromatic heterocycles. The fourth-order valence-electron chi connectivity index (χ4n) is 1.81. The molecule has 110 valence electrons. The van der Waals surface area contributed by atoms with Crippen LogP contribution < -0.4 is 16.4 Å². The molecule has 6 heteroatoms. The van der Waals surface area contributed by atoms with Gasteiger partial charge < -0.3 is 16.4 Å². The maximum atomic E-state index is 11.7. The number of carbonyl (C=O) groups excluding carboxylic acids is 2. The zero-order valence-electron chi connectivity index (χ0n) is 11.9. The van der Waals surface area contributed by atoms with Crippen LogP contribution in [-0.4, -0.2) is 35.9 Å². The van der Waals surface area contributed by atoms with Crippen LogP contribution in [0.4, 0.5) is 0 Å². The van der Waals surface area contributed by atoms with Crippen LogP contribution in [-0.2, 0) is 4.79 Å². The summed E-state index contributed by atoms with van der Waals surface area (Å²) in [5.41, 5.74) is 5.89. The summed E-state index contributed by atoms with van der Waals surface area (Å²) < 4.78 is 0. The van der Waals surface area contributed by atoms with Gasteiger partial charge in [-0.2, -0.15) is 0 Å². The molecule has 0 spiro atoms. The quantitative estimate of drug-likeness (QED) is 0.668. The lowest BCUT2D eigenvalue weighted by molar-refractivity contribution is -0.120. The highest BCUT2D eigenvalue weighted by Gasteiger charge is 2.13. The van der Waals surface area contributed by atoms with Crippen LogP contribution in [0.1, 0.15) is 30.8 Å². The van der Waals surface area contributed by atoms with E-state index in [2.05, 4.69) is 29.5 Å². The standard InChI is InChI=1S/C14H22N4O2/c1-10(2)7-11(8-15)18-13(19)9-17-14(20)12-5-3-4-6-16-12/h3-6,10-11H,7-9,15H2,1-2H3,(H,17,20)(H,18,19). The number of nitrogens with two attached hydrogens (primary N) is 1. The van der Waals surface area contributed by atoms with Gasteiger partial charge in [0.05, 0.1) is 6.54 Å². The predicted octanol–water partition coefficient (Wildman–Crippen LogP) is 0.301. The Morgan fingerprint density at radius 3 is 2.65 bits per heavy atom. The summed E-state index contributed by atoms with van der Waals surface area (Å²) in [5, 5.41) is 5.33. The third kappa shape index (κ3) is 5.79. The van der Waals surface area contributed by atoms with Crippen LogP contribution in [0.15, 0.2) is 24.4 Å². The summed E-state index contributed by atoms with van der Waals surface area (Å²) in [7, 11) is 0. The number of hydrogen-bond acceptors (Lipinski definition) is 4. The van der Waals surface area contributed by atoms with Crippen molar-refractivity contribution in [1.82, 2.24) is 15.6 Å². The van der Waals surface area contributed by atoms with E-state index in [4.69, 9.17) is 5.73 Å². The Morgan fingerprint density at radius 2 is 2.10 bits per heavy atom. The SMILES string of the molecule is CC(C)CC(CN)NC(=O)CNC(=O)c1ccccn1. The first-order valence-corrected chi connectivity index (χ1v) is 6.71. The average molecular weight is 278 g/mol. The maximum absolute atomic E-state index is 11.7. The molecule has 20 heavy (non-hydrogen) atoms. The summed E-state index contributed by atoms with van der Waals surface area (Å²) >= 11 is 0. The molecule has 1 rings (SSSR count). The highest BCUT2D eigenvalue weighted by Crippen LogP contribution is 2.03. The van der Waals surface area contributed by atoms with Gasteiger partial charge in [0, 0.05) is 18.8 Å². The van der Waals surface area contributed by atoms with Crippen LogP contribution in [0, 0.1) is 5.92 Å². The van der Waals surface area contributed by atoms with Crippen LogP contribution in [0.3, 0.4) is 0 Å². The minimum absolute atomic E-state index is 0.0609. The Hall–Kier alpha value is -1.95. The monoisotopic (exact) mass is 278 g/mol.